The number of amides is 1. The van der Waals surface area contributed by atoms with Crippen LogP contribution in [0.15, 0.2) is 30.5 Å². The summed E-state index contributed by atoms with van der Waals surface area (Å²) in [6.45, 7) is 3.86. The van der Waals surface area contributed by atoms with E-state index in [0.717, 1.165) is 16.5 Å². The number of para-hydroxylation sites is 1. The molecule has 0 spiro atoms. The first kappa shape index (κ1) is 15.1. The molecule has 22 heavy (non-hydrogen) atoms. The Morgan fingerprint density at radius 2 is 2.14 bits per heavy atom. The molecular formula is C17H23N3O2. The number of fused-ring (bicyclic) bond motifs is 1. The molecule has 1 fully saturated rings. The predicted molar refractivity (Wildman–Crippen MR) is 86.3 cm³/mol. The number of aliphatic hydroxyl groups is 1. The van der Waals surface area contributed by atoms with Gasteiger partial charge in [-0.15, -0.1) is 0 Å². The van der Waals surface area contributed by atoms with Gasteiger partial charge < -0.3 is 21.1 Å². The predicted octanol–water partition coefficient (Wildman–Crippen LogP) is 1.31. The summed E-state index contributed by atoms with van der Waals surface area (Å²) >= 11 is 0. The highest BCUT2D eigenvalue weighted by Gasteiger charge is 2.63. The molecule has 1 heterocycles. The fraction of sp³-hybridized carbons (Fsp3) is 0.471. The summed E-state index contributed by atoms with van der Waals surface area (Å²) in [4.78, 5) is 15.6. The third-order valence-corrected chi connectivity index (χ3v) is 4.91. The van der Waals surface area contributed by atoms with Gasteiger partial charge in [0.25, 0.3) is 0 Å². The molecule has 3 rings (SSSR count). The molecule has 1 saturated carbocycles. The second-order valence-corrected chi connectivity index (χ2v) is 6.95. The van der Waals surface area contributed by atoms with Crippen molar-refractivity contribution >= 4 is 16.8 Å². The van der Waals surface area contributed by atoms with Crippen LogP contribution in [0.2, 0.25) is 0 Å². The van der Waals surface area contributed by atoms with E-state index in [0.29, 0.717) is 12.8 Å². The number of H-pyrrole nitrogens is 1. The first-order valence-electron chi connectivity index (χ1n) is 7.63. The number of hydrogen-bond donors (Lipinski definition) is 4. The number of nitrogens with one attached hydrogen (secondary N) is 2. The second-order valence-electron chi connectivity index (χ2n) is 6.95. The molecule has 1 aromatic heterocycles. The SMILES string of the molecule is CC1(C)CC1(N)C(=O)NC(CO)Cc1c[nH]c2ccccc12. The van der Waals surface area contributed by atoms with Crippen LogP contribution in [0.5, 0.6) is 0 Å². The molecule has 1 aliphatic rings. The van der Waals surface area contributed by atoms with Crippen LogP contribution >= 0.6 is 0 Å². The molecule has 5 heteroatoms. The first-order chi connectivity index (χ1) is 10.4. The van der Waals surface area contributed by atoms with Gasteiger partial charge in [-0.25, -0.2) is 0 Å². The van der Waals surface area contributed by atoms with Crippen LogP contribution < -0.4 is 11.1 Å². The van der Waals surface area contributed by atoms with E-state index in [1.54, 1.807) is 0 Å². The largest absolute Gasteiger partial charge is 0.394 e. The lowest BCUT2D eigenvalue weighted by atomic mass is 10.0. The lowest BCUT2D eigenvalue weighted by molar-refractivity contribution is -0.125. The van der Waals surface area contributed by atoms with E-state index in [1.807, 2.05) is 44.3 Å². The van der Waals surface area contributed by atoms with Gasteiger partial charge in [0.05, 0.1) is 12.6 Å². The van der Waals surface area contributed by atoms with E-state index in [9.17, 15) is 9.90 Å². The fourth-order valence-corrected chi connectivity index (χ4v) is 3.08. The molecule has 5 nitrogen and oxygen atoms in total. The number of carbonyl (C=O) groups excluding carboxylic acids is 1. The summed E-state index contributed by atoms with van der Waals surface area (Å²) in [7, 11) is 0. The molecule has 0 saturated heterocycles. The maximum Gasteiger partial charge on any atom is 0.240 e. The van der Waals surface area contributed by atoms with E-state index in [2.05, 4.69) is 10.3 Å². The molecule has 0 radical (unpaired) electrons. The summed E-state index contributed by atoms with van der Waals surface area (Å²) in [6, 6.07) is 7.66. The van der Waals surface area contributed by atoms with Crippen molar-refractivity contribution in [2.24, 2.45) is 11.1 Å². The number of nitrogens with two attached hydrogens (primary N) is 1. The zero-order valence-electron chi connectivity index (χ0n) is 13.0. The molecule has 0 bridgehead atoms. The van der Waals surface area contributed by atoms with Crippen LogP contribution in [0.3, 0.4) is 0 Å². The molecular weight excluding hydrogens is 278 g/mol. The Kier molecular flexibility index (Phi) is 3.50. The van der Waals surface area contributed by atoms with Crippen LogP contribution in [0.1, 0.15) is 25.8 Å². The normalized spacial score (nSPS) is 24.2. The van der Waals surface area contributed by atoms with Crippen LogP contribution in [0, 0.1) is 5.41 Å². The molecule has 5 N–H and O–H groups in total. The standard InChI is InChI=1S/C17H23N3O2/c1-16(2)10-17(16,18)15(22)20-12(9-21)7-11-8-19-14-6-4-3-5-13(11)14/h3-6,8,12,19,21H,7,9-10,18H2,1-2H3,(H,20,22). The van der Waals surface area contributed by atoms with Crippen molar-refractivity contribution in [3.05, 3.63) is 36.0 Å². The van der Waals surface area contributed by atoms with E-state index in [1.165, 1.54) is 0 Å². The molecule has 1 aromatic carbocycles. The molecule has 2 atom stereocenters. The average Bonchev–Trinajstić information content (AvgIpc) is 2.84. The number of aromatic nitrogens is 1. The number of rotatable bonds is 5. The Morgan fingerprint density at radius 3 is 2.77 bits per heavy atom. The average molecular weight is 301 g/mol. The van der Waals surface area contributed by atoms with Gasteiger partial charge >= 0.3 is 0 Å². The molecule has 2 unspecified atom stereocenters. The summed E-state index contributed by atoms with van der Waals surface area (Å²) in [5.74, 6) is -0.170. The van der Waals surface area contributed by atoms with Gasteiger partial charge in [-0.3, -0.25) is 4.79 Å². The number of aliphatic hydroxyl groups excluding tert-OH is 1. The molecule has 1 aliphatic carbocycles. The van der Waals surface area contributed by atoms with Gasteiger partial charge in [-0.05, 0) is 29.9 Å². The van der Waals surface area contributed by atoms with Crippen LogP contribution in [0.25, 0.3) is 10.9 Å². The number of hydrogen-bond acceptors (Lipinski definition) is 3. The fourth-order valence-electron chi connectivity index (χ4n) is 3.08. The maximum absolute atomic E-state index is 12.3. The van der Waals surface area contributed by atoms with Crippen molar-refractivity contribution in [1.29, 1.82) is 0 Å². The van der Waals surface area contributed by atoms with E-state index in [-0.39, 0.29) is 24.0 Å². The van der Waals surface area contributed by atoms with Crippen molar-refractivity contribution in [3.8, 4) is 0 Å². The Morgan fingerprint density at radius 1 is 1.45 bits per heavy atom. The minimum absolute atomic E-state index is 0.109. The lowest BCUT2D eigenvalue weighted by Crippen LogP contribution is -2.51. The highest BCUT2D eigenvalue weighted by Crippen LogP contribution is 2.53. The topological polar surface area (TPSA) is 91.1 Å². The zero-order valence-corrected chi connectivity index (χ0v) is 13.0. The van der Waals surface area contributed by atoms with Gasteiger partial charge in [-0.1, -0.05) is 32.0 Å². The van der Waals surface area contributed by atoms with Crippen molar-refractivity contribution in [2.75, 3.05) is 6.61 Å². The Labute approximate surface area is 129 Å². The van der Waals surface area contributed by atoms with Crippen molar-refractivity contribution in [3.63, 3.8) is 0 Å². The van der Waals surface area contributed by atoms with Crippen LogP contribution in [-0.2, 0) is 11.2 Å². The van der Waals surface area contributed by atoms with E-state index in [4.69, 9.17) is 5.73 Å². The van der Waals surface area contributed by atoms with Gasteiger partial charge in [0, 0.05) is 17.1 Å². The third kappa shape index (κ3) is 2.40. The van der Waals surface area contributed by atoms with Gasteiger partial charge in [0.1, 0.15) is 5.54 Å². The Bertz CT molecular complexity index is 707. The minimum atomic E-state index is -0.805. The minimum Gasteiger partial charge on any atom is -0.394 e. The van der Waals surface area contributed by atoms with Crippen molar-refractivity contribution in [2.45, 2.75) is 38.3 Å². The van der Waals surface area contributed by atoms with E-state index >= 15 is 0 Å². The van der Waals surface area contributed by atoms with Crippen molar-refractivity contribution < 1.29 is 9.90 Å². The number of carbonyl (C=O) groups is 1. The molecule has 1 amide bonds. The van der Waals surface area contributed by atoms with Gasteiger partial charge in [0.15, 0.2) is 0 Å². The maximum atomic E-state index is 12.3. The number of aromatic amines is 1. The summed E-state index contributed by atoms with van der Waals surface area (Å²) in [5, 5.41) is 13.6. The second kappa shape index (κ2) is 5.11. The number of benzene rings is 1. The summed E-state index contributed by atoms with van der Waals surface area (Å²) in [5.41, 5.74) is 7.30. The van der Waals surface area contributed by atoms with Gasteiger partial charge in [0.2, 0.25) is 5.91 Å². The molecule has 0 aliphatic heterocycles. The quantitative estimate of drug-likeness (QED) is 0.671. The smallest absolute Gasteiger partial charge is 0.240 e. The monoisotopic (exact) mass is 301 g/mol. The van der Waals surface area contributed by atoms with Crippen LogP contribution in [-0.4, -0.2) is 34.2 Å². The van der Waals surface area contributed by atoms with E-state index < -0.39 is 5.54 Å². The van der Waals surface area contributed by atoms with Gasteiger partial charge in [-0.2, -0.15) is 0 Å². The molecule has 118 valence electrons. The Hall–Kier alpha value is -1.85. The molecule has 2 aromatic rings. The highest BCUT2D eigenvalue weighted by atomic mass is 16.3. The first-order valence-corrected chi connectivity index (χ1v) is 7.63. The Balaban J connectivity index is 1.72. The summed E-state index contributed by atoms with van der Waals surface area (Å²) in [6.07, 6.45) is 3.18. The van der Waals surface area contributed by atoms with Crippen LogP contribution in [0.4, 0.5) is 0 Å². The third-order valence-electron chi connectivity index (χ3n) is 4.91. The van der Waals surface area contributed by atoms with Crippen molar-refractivity contribution in [1.82, 2.24) is 10.3 Å². The lowest BCUT2D eigenvalue weighted by Gasteiger charge is -2.21. The summed E-state index contributed by atoms with van der Waals surface area (Å²) < 4.78 is 0. The zero-order chi connectivity index (χ0) is 16.0. The highest BCUT2D eigenvalue weighted by molar-refractivity contribution is 5.91.